The number of benzene rings is 1. The van der Waals surface area contributed by atoms with Crippen molar-refractivity contribution in [2.45, 2.75) is 130 Å². The highest BCUT2D eigenvalue weighted by atomic mass is 16.6. The molecular formula is C29H47N3O4. The number of hydrogen-bond donors (Lipinski definition) is 2. The monoisotopic (exact) mass is 501 g/mol. The Labute approximate surface area is 217 Å². The highest BCUT2D eigenvalue weighted by Crippen LogP contribution is 2.33. The Morgan fingerprint density at radius 1 is 1.00 bits per heavy atom. The number of carbonyl (C=O) groups excluding carboxylic acids is 3. The summed E-state index contributed by atoms with van der Waals surface area (Å²) in [4.78, 5) is 42.1. The van der Waals surface area contributed by atoms with Crippen molar-refractivity contribution in [2.75, 3.05) is 0 Å². The molecule has 1 aliphatic rings. The molecule has 0 heterocycles. The van der Waals surface area contributed by atoms with Gasteiger partial charge in [-0.3, -0.25) is 9.59 Å². The molecule has 1 aromatic rings. The average Bonchev–Trinajstić information content (AvgIpc) is 2.75. The van der Waals surface area contributed by atoms with Crippen LogP contribution < -0.4 is 10.6 Å². The van der Waals surface area contributed by atoms with Gasteiger partial charge in [0.1, 0.15) is 17.7 Å². The first-order chi connectivity index (χ1) is 16.6. The normalized spacial score (nSPS) is 16.6. The summed E-state index contributed by atoms with van der Waals surface area (Å²) in [6.07, 6.45) is 5.26. The first-order valence-electron chi connectivity index (χ1n) is 13.4. The van der Waals surface area contributed by atoms with E-state index in [1.807, 2.05) is 46.8 Å². The van der Waals surface area contributed by atoms with E-state index >= 15 is 0 Å². The maximum Gasteiger partial charge on any atom is 0.408 e. The van der Waals surface area contributed by atoms with Gasteiger partial charge in [-0.2, -0.15) is 0 Å². The molecule has 2 atom stereocenters. The molecule has 7 nitrogen and oxygen atoms in total. The van der Waals surface area contributed by atoms with Crippen molar-refractivity contribution in [3.8, 4) is 0 Å². The second kappa shape index (κ2) is 12.1. The largest absolute Gasteiger partial charge is 0.444 e. The smallest absolute Gasteiger partial charge is 0.408 e. The molecule has 0 saturated heterocycles. The topological polar surface area (TPSA) is 87.7 Å². The second-order valence-corrected chi connectivity index (χ2v) is 11.9. The molecule has 202 valence electrons. The number of ether oxygens (including phenoxy) is 1. The van der Waals surface area contributed by atoms with Crippen LogP contribution in [0, 0.1) is 13.8 Å². The Kier molecular flexibility index (Phi) is 9.98. The molecule has 3 amide bonds. The molecular weight excluding hydrogens is 454 g/mol. The van der Waals surface area contributed by atoms with Crippen molar-refractivity contribution in [2.24, 2.45) is 0 Å². The van der Waals surface area contributed by atoms with E-state index in [1.54, 1.807) is 32.6 Å². The van der Waals surface area contributed by atoms with Gasteiger partial charge in [-0.05, 0) is 80.2 Å². The quantitative estimate of drug-likeness (QED) is 0.477. The minimum absolute atomic E-state index is 0.110. The van der Waals surface area contributed by atoms with Crippen LogP contribution in [0.3, 0.4) is 0 Å². The molecule has 1 aliphatic carbocycles. The Morgan fingerprint density at radius 2 is 1.56 bits per heavy atom. The van der Waals surface area contributed by atoms with Crippen molar-refractivity contribution >= 4 is 17.9 Å². The van der Waals surface area contributed by atoms with Gasteiger partial charge in [-0.15, -0.1) is 0 Å². The van der Waals surface area contributed by atoms with Crippen LogP contribution >= 0.6 is 0 Å². The van der Waals surface area contributed by atoms with Crippen LogP contribution in [-0.4, -0.2) is 46.0 Å². The first-order valence-corrected chi connectivity index (χ1v) is 13.4. The fraction of sp³-hybridized carbons (Fsp3) is 0.690. The Balaban J connectivity index is 2.50. The average molecular weight is 502 g/mol. The third-order valence-corrected chi connectivity index (χ3v) is 6.88. The summed E-state index contributed by atoms with van der Waals surface area (Å²) in [7, 11) is 0. The molecule has 7 heteroatoms. The van der Waals surface area contributed by atoms with Crippen molar-refractivity contribution in [3.63, 3.8) is 0 Å². The number of aryl methyl sites for hydroxylation is 2. The van der Waals surface area contributed by atoms with E-state index in [2.05, 4.69) is 16.7 Å². The van der Waals surface area contributed by atoms with Crippen LogP contribution in [0.1, 0.15) is 110 Å². The maximum absolute atomic E-state index is 14.0. The minimum Gasteiger partial charge on any atom is -0.444 e. The summed E-state index contributed by atoms with van der Waals surface area (Å²) >= 11 is 0. The molecule has 2 rings (SSSR count). The molecule has 1 aromatic carbocycles. The van der Waals surface area contributed by atoms with Crippen molar-refractivity contribution in [1.29, 1.82) is 0 Å². The number of nitrogens with one attached hydrogen (secondary N) is 2. The van der Waals surface area contributed by atoms with Crippen LogP contribution in [0.2, 0.25) is 0 Å². The molecule has 0 aromatic heterocycles. The Hall–Kier alpha value is -2.57. The fourth-order valence-electron chi connectivity index (χ4n) is 4.81. The van der Waals surface area contributed by atoms with Gasteiger partial charge in [0.25, 0.3) is 0 Å². The number of alkyl carbamates (subject to hydrolysis) is 1. The van der Waals surface area contributed by atoms with Gasteiger partial charge in [0, 0.05) is 11.6 Å². The molecule has 0 aliphatic heterocycles. The third-order valence-electron chi connectivity index (χ3n) is 6.88. The summed E-state index contributed by atoms with van der Waals surface area (Å²) in [5.41, 5.74) is 1.51. The molecule has 36 heavy (non-hydrogen) atoms. The van der Waals surface area contributed by atoms with E-state index in [4.69, 9.17) is 4.74 Å². The van der Waals surface area contributed by atoms with E-state index in [9.17, 15) is 14.4 Å². The number of hydrogen-bond acceptors (Lipinski definition) is 4. The number of nitrogens with zero attached hydrogens (tertiary/aromatic N) is 1. The van der Waals surface area contributed by atoms with Crippen LogP contribution in [0.4, 0.5) is 4.79 Å². The van der Waals surface area contributed by atoms with E-state index in [-0.39, 0.29) is 17.9 Å². The summed E-state index contributed by atoms with van der Waals surface area (Å²) in [5.74, 6) is -0.498. The highest BCUT2D eigenvalue weighted by Gasteiger charge is 2.42. The summed E-state index contributed by atoms with van der Waals surface area (Å²) in [6, 6.07) is 4.44. The zero-order valence-corrected chi connectivity index (χ0v) is 23.8. The Morgan fingerprint density at radius 3 is 2.06 bits per heavy atom. The van der Waals surface area contributed by atoms with Gasteiger partial charge in [0.15, 0.2) is 0 Å². The lowest BCUT2D eigenvalue weighted by Gasteiger charge is -2.44. The van der Waals surface area contributed by atoms with Crippen molar-refractivity contribution < 1.29 is 19.1 Å². The molecule has 1 fully saturated rings. The number of amides is 3. The zero-order chi connectivity index (χ0) is 27.3. The van der Waals surface area contributed by atoms with Gasteiger partial charge in [0.05, 0.1) is 0 Å². The van der Waals surface area contributed by atoms with E-state index < -0.39 is 29.3 Å². The molecule has 0 radical (unpaired) electrons. The maximum atomic E-state index is 14.0. The molecule has 2 N–H and O–H groups in total. The highest BCUT2D eigenvalue weighted by molar-refractivity contribution is 5.92. The minimum atomic E-state index is -0.874. The third kappa shape index (κ3) is 8.24. The lowest BCUT2D eigenvalue weighted by Crippen LogP contribution is -2.59. The van der Waals surface area contributed by atoms with E-state index in [0.29, 0.717) is 6.42 Å². The van der Waals surface area contributed by atoms with E-state index in [0.717, 1.165) is 42.4 Å². The standard InChI is InChI=1S/C29H47N3O4/c1-10-29(8,9)32(26(34)21(4)30-27(35)36-28(5,6)7)24(22-17-19(2)16-20(3)18-22)25(33)31-23-14-12-11-13-15-23/h16-18,21,23-24H,10-15H2,1-9H3,(H,30,35)(H,31,33). The van der Waals surface area contributed by atoms with E-state index in [1.165, 1.54) is 6.42 Å². The van der Waals surface area contributed by atoms with Crippen LogP contribution in [0.5, 0.6) is 0 Å². The van der Waals surface area contributed by atoms with Crippen molar-refractivity contribution in [3.05, 3.63) is 34.9 Å². The summed E-state index contributed by atoms with van der Waals surface area (Å²) in [6.45, 7) is 16.9. The van der Waals surface area contributed by atoms with Crippen LogP contribution in [0.15, 0.2) is 18.2 Å². The predicted octanol–water partition coefficient (Wildman–Crippen LogP) is 5.72. The SMILES string of the molecule is CCC(C)(C)N(C(=O)C(C)NC(=O)OC(C)(C)C)C(C(=O)NC1CCCCC1)c1cc(C)cc(C)c1. The van der Waals surface area contributed by atoms with Gasteiger partial charge < -0.3 is 20.3 Å². The first kappa shape index (κ1) is 29.7. The van der Waals surface area contributed by atoms with Gasteiger partial charge in [0.2, 0.25) is 11.8 Å². The van der Waals surface area contributed by atoms with Crippen LogP contribution in [-0.2, 0) is 14.3 Å². The number of carbonyl (C=O) groups is 3. The van der Waals surface area contributed by atoms with Crippen molar-refractivity contribution in [1.82, 2.24) is 15.5 Å². The second-order valence-electron chi connectivity index (χ2n) is 11.9. The fourth-order valence-corrected chi connectivity index (χ4v) is 4.81. The molecule has 1 saturated carbocycles. The lowest BCUT2D eigenvalue weighted by atomic mass is 9.90. The predicted molar refractivity (Wildman–Crippen MR) is 144 cm³/mol. The summed E-state index contributed by atoms with van der Waals surface area (Å²) < 4.78 is 5.37. The zero-order valence-electron chi connectivity index (χ0n) is 23.8. The lowest BCUT2D eigenvalue weighted by molar-refractivity contribution is -0.149. The van der Waals surface area contributed by atoms with Gasteiger partial charge in [-0.25, -0.2) is 4.79 Å². The van der Waals surface area contributed by atoms with Gasteiger partial charge in [-0.1, -0.05) is 55.5 Å². The molecule has 0 spiro atoms. The number of rotatable bonds is 8. The Bertz CT molecular complexity index is 909. The van der Waals surface area contributed by atoms with Crippen LogP contribution in [0.25, 0.3) is 0 Å². The molecule has 0 bridgehead atoms. The van der Waals surface area contributed by atoms with Gasteiger partial charge >= 0.3 is 6.09 Å². The molecule has 2 unspecified atom stereocenters. The summed E-state index contributed by atoms with van der Waals surface area (Å²) in [5, 5.41) is 5.93.